The fraction of sp³-hybridized carbons (Fsp3) is 0.447. The molecule has 2 N–H and O–H groups in total. The minimum Gasteiger partial charge on any atom is -0.387 e. The fourth-order valence-corrected chi connectivity index (χ4v) is 6.41. The van der Waals surface area contributed by atoms with Crippen molar-refractivity contribution in [2.45, 2.75) is 94.7 Å². The molecule has 49 heavy (non-hydrogen) atoms. The first-order chi connectivity index (χ1) is 23.9. The number of carbonyl (C=O) groups excluding carboxylic acids is 1. The Labute approximate surface area is 287 Å². The highest BCUT2D eigenvalue weighted by Crippen LogP contribution is 2.38. The van der Waals surface area contributed by atoms with E-state index in [4.69, 9.17) is 37.9 Å². The molecule has 3 fully saturated rings. The van der Waals surface area contributed by atoms with Crippen LogP contribution < -0.4 is 5.32 Å². The second-order valence-electron chi connectivity index (χ2n) is 12.4. The molecule has 0 aromatic heterocycles. The monoisotopic (exact) mass is 675 g/mol. The number of nitrogens with one attached hydrogen (secondary N) is 1. The van der Waals surface area contributed by atoms with Crippen molar-refractivity contribution < 1.29 is 47.8 Å². The van der Waals surface area contributed by atoms with E-state index in [0.29, 0.717) is 0 Å². The van der Waals surface area contributed by atoms with Crippen molar-refractivity contribution in [1.82, 2.24) is 5.32 Å². The Kier molecular flexibility index (Phi) is 12.2. The van der Waals surface area contributed by atoms with Gasteiger partial charge < -0.3 is 48.3 Å². The van der Waals surface area contributed by atoms with Gasteiger partial charge in [0.15, 0.2) is 18.9 Å². The van der Waals surface area contributed by atoms with Gasteiger partial charge >= 0.3 is 0 Å². The SMILES string of the molecule is C=CCO[C@H]1O[C@@H]2CO[C@@H](c3ccccc3)O[C@H]2[C@H](O[C@@H]2O[C@@H](C)[C@H](OCc3ccccc3)[C@@H](O)[C@H]2OCc2ccccc2)[C@H]1NC(C)=O. The predicted octanol–water partition coefficient (Wildman–Crippen LogP) is 4.19. The van der Waals surface area contributed by atoms with Crippen molar-refractivity contribution in [3.05, 3.63) is 120 Å². The van der Waals surface area contributed by atoms with Crippen molar-refractivity contribution in [3.8, 4) is 0 Å². The zero-order chi connectivity index (χ0) is 34.2. The summed E-state index contributed by atoms with van der Waals surface area (Å²) in [4.78, 5) is 12.6. The van der Waals surface area contributed by atoms with Gasteiger partial charge in [0.05, 0.1) is 32.5 Å². The molecule has 11 atom stereocenters. The van der Waals surface area contributed by atoms with Gasteiger partial charge in [-0.15, -0.1) is 6.58 Å². The highest BCUT2D eigenvalue weighted by atomic mass is 16.8. The molecule has 3 saturated heterocycles. The summed E-state index contributed by atoms with van der Waals surface area (Å²) in [7, 11) is 0. The summed E-state index contributed by atoms with van der Waals surface area (Å²) in [6.07, 6.45) is -6.75. The third-order valence-corrected chi connectivity index (χ3v) is 8.77. The molecule has 262 valence electrons. The van der Waals surface area contributed by atoms with E-state index >= 15 is 0 Å². The van der Waals surface area contributed by atoms with Gasteiger partial charge in [-0.1, -0.05) is 97.1 Å². The van der Waals surface area contributed by atoms with Gasteiger partial charge in [0, 0.05) is 12.5 Å². The minimum absolute atomic E-state index is 0.165. The number of aliphatic hydroxyl groups excluding tert-OH is 1. The van der Waals surface area contributed by atoms with E-state index in [1.165, 1.54) is 6.92 Å². The second kappa shape index (κ2) is 16.9. The van der Waals surface area contributed by atoms with Crippen LogP contribution in [-0.2, 0) is 55.9 Å². The molecule has 0 saturated carbocycles. The zero-order valence-corrected chi connectivity index (χ0v) is 27.7. The van der Waals surface area contributed by atoms with Crippen LogP contribution in [0.5, 0.6) is 0 Å². The Morgan fingerprint density at radius 2 is 1.45 bits per heavy atom. The van der Waals surface area contributed by atoms with E-state index in [1.54, 1.807) is 6.08 Å². The quantitative estimate of drug-likeness (QED) is 0.255. The Hall–Kier alpha value is -3.49. The Balaban J connectivity index is 1.29. The molecule has 6 rings (SSSR count). The molecular formula is C38H45NO10. The maximum Gasteiger partial charge on any atom is 0.217 e. The number of fused-ring (bicyclic) bond motifs is 1. The van der Waals surface area contributed by atoms with Crippen LogP contribution in [0.4, 0.5) is 0 Å². The molecule has 1 amide bonds. The number of hydrogen-bond donors (Lipinski definition) is 2. The van der Waals surface area contributed by atoms with Crippen LogP contribution in [0.15, 0.2) is 104 Å². The van der Waals surface area contributed by atoms with E-state index in [1.807, 2.05) is 97.9 Å². The molecule has 0 unspecified atom stereocenters. The lowest BCUT2D eigenvalue weighted by atomic mass is 9.94. The van der Waals surface area contributed by atoms with Crippen LogP contribution in [0.2, 0.25) is 0 Å². The molecule has 0 bridgehead atoms. The van der Waals surface area contributed by atoms with E-state index in [0.717, 1.165) is 16.7 Å². The molecule has 3 heterocycles. The highest BCUT2D eigenvalue weighted by molar-refractivity contribution is 5.73. The van der Waals surface area contributed by atoms with Gasteiger partial charge in [-0.05, 0) is 18.1 Å². The summed E-state index contributed by atoms with van der Waals surface area (Å²) in [5.74, 6) is -0.316. The number of hydrogen-bond acceptors (Lipinski definition) is 10. The summed E-state index contributed by atoms with van der Waals surface area (Å²) in [5, 5.41) is 14.8. The standard InChI is InChI=1S/C38H45NO10/c1-4-20-42-37-30(39-25(3)40)34(33-29(47-37)23-45-36(48-33)28-18-12-7-13-19-28)49-38-35(44-22-27-16-10-6-11-17-27)31(41)32(24(2)46-38)43-21-26-14-8-5-9-15-26/h4-19,24,29-38,41H,1,20-23H2,2-3H3,(H,39,40)/t24-,29+,30+,31+,32-,33+,34+,35+,36+,37-,38-/m0/s1. The smallest absolute Gasteiger partial charge is 0.217 e. The maximum atomic E-state index is 12.6. The first kappa shape index (κ1) is 35.3. The predicted molar refractivity (Wildman–Crippen MR) is 178 cm³/mol. The Morgan fingerprint density at radius 3 is 2.06 bits per heavy atom. The Bertz CT molecular complexity index is 1460. The van der Waals surface area contributed by atoms with Crippen LogP contribution in [0.1, 0.15) is 36.8 Å². The van der Waals surface area contributed by atoms with Crippen LogP contribution in [-0.4, -0.2) is 85.6 Å². The first-order valence-electron chi connectivity index (χ1n) is 16.7. The van der Waals surface area contributed by atoms with E-state index in [-0.39, 0.29) is 32.3 Å². The normalized spacial score (nSPS) is 32.9. The van der Waals surface area contributed by atoms with Gasteiger partial charge in [0.2, 0.25) is 5.91 Å². The molecule has 3 aromatic rings. The third-order valence-electron chi connectivity index (χ3n) is 8.77. The number of amides is 1. The fourth-order valence-electron chi connectivity index (χ4n) is 6.41. The lowest BCUT2D eigenvalue weighted by Crippen LogP contribution is -2.69. The summed E-state index contributed by atoms with van der Waals surface area (Å²) >= 11 is 0. The molecule has 3 aliphatic heterocycles. The minimum atomic E-state index is -1.13. The average molecular weight is 676 g/mol. The molecule has 0 aliphatic carbocycles. The summed E-state index contributed by atoms with van der Waals surface area (Å²) in [6.45, 7) is 7.80. The first-order valence-corrected chi connectivity index (χ1v) is 16.7. The van der Waals surface area contributed by atoms with Crippen molar-refractivity contribution in [2.75, 3.05) is 13.2 Å². The molecule has 11 nitrogen and oxygen atoms in total. The summed E-state index contributed by atoms with van der Waals surface area (Å²) in [5.41, 5.74) is 2.69. The van der Waals surface area contributed by atoms with E-state index in [9.17, 15) is 9.90 Å². The van der Waals surface area contributed by atoms with Crippen molar-refractivity contribution >= 4 is 5.91 Å². The number of rotatable bonds is 13. The molecular weight excluding hydrogens is 630 g/mol. The number of ether oxygens (including phenoxy) is 8. The largest absolute Gasteiger partial charge is 0.387 e. The maximum absolute atomic E-state index is 12.6. The topological polar surface area (TPSA) is 123 Å². The van der Waals surface area contributed by atoms with Crippen LogP contribution in [0.25, 0.3) is 0 Å². The van der Waals surface area contributed by atoms with E-state index in [2.05, 4.69) is 11.9 Å². The van der Waals surface area contributed by atoms with Crippen molar-refractivity contribution in [2.24, 2.45) is 0 Å². The molecule has 3 aromatic carbocycles. The second-order valence-corrected chi connectivity index (χ2v) is 12.4. The van der Waals surface area contributed by atoms with Crippen LogP contribution in [0, 0.1) is 0 Å². The molecule has 0 spiro atoms. The third kappa shape index (κ3) is 8.82. The number of benzene rings is 3. The summed E-state index contributed by atoms with van der Waals surface area (Å²) < 4.78 is 50.9. The number of carbonyl (C=O) groups is 1. The highest BCUT2D eigenvalue weighted by Gasteiger charge is 2.55. The van der Waals surface area contributed by atoms with Gasteiger partial charge in [0.1, 0.15) is 42.7 Å². The zero-order valence-electron chi connectivity index (χ0n) is 27.7. The Morgan fingerprint density at radius 1 is 0.837 bits per heavy atom. The van der Waals surface area contributed by atoms with Crippen LogP contribution >= 0.6 is 0 Å². The van der Waals surface area contributed by atoms with E-state index < -0.39 is 67.6 Å². The van der Waals surface area contributed by atoms with Gasteiger partial charge in [-0.25, -0.2) is 0 Å². The molecule has 3 aliphatic rings. The van der Waals surface area contributed by atoms with Crippen LogP contribution in [0.3, 0.4) is 0 Å². The average Bonchev–Trinajstić information content (AvgIpc) is 3.12. The van der Waals surface area contributed by atoms with Gasteiger partial charge in [0.25, 0.3) is 0 Å². The molecule has 11 heteroatoms. The van der Waals surface area contributed by atoms with Gasteiger partial charge in [-0.2, -0.15) is 0 Å². The van der Waals surface area contributed by atoms with Crippen molar-refractivity contribution in [1.29, 1.82) is 0 Å². The molecule has 0 radical (unpaired) electrons. The van der Waals surface area contributed by atoms with Crippen molar-refractivity contribution in [3.63, 3.8) is 0 Å². The van der Waals surface area contributed by atoms with Gasteiger partial charge in [-0.3, -0.25) is 4.79 Å². The lowest BCUT2D eigenvalue weighted by molar-refractivity contribution is -0.379. The lowest BCUT2D eigenvalue weighted by Gasteiger charge is -2.51. The number of aliphatic hydroxyl groups is 1. The summed E-state index contributed by atoms with van der Waals surface area (Å²) in [6, 6.07) is 28.1.